The summed E-state index contributed by atoms with van der Waals surface area (Å²) in [5.74, 6) is -0.161. The lowest BCUT2D eigenvalue weighted by atomic mass is 9.95. The van der Waals surface area contributed by atoms with Gasteiger partial charge >= 0.3 is 0 Å². The molecule has 1 aromatic carbocycles. The number of rotatable bonds is 6. The van der Waals surface area contributed by atoms with E-state index < -0.39 is 15.3 Å². The second-order valence-corrected chi connectivity index (χ2v) is 8.76. The van der Waals surface area contributed by atoms with E-state index in [2.05, 4.69) is 0 Å². The van der Waals surface area contributed by atoms with Gasteiger partial charge in [-0.15, -0.1) is 0 Å². The molecule has 5 nitrogen and oxygen atoms in total. The Balaban J connectivity index is 2.86. The third-order valence-corrected chi connectivity index (χ3v) is 5.46. The fourth-order valence-electron chi connectivity index (χ4n) is 2.46. The molecule has 0 aliphatic carbocycles. The molecule has 1 rings (SSSR count). The highest BCUT2D eigenvalue weighted by Crippen LogP contribution is 2.25. The fraction of sp³-hybridized carbons (Fsp3) is 0.562. The van der Waals surface area contributed by atoms with Gasteiger partial charge in [0, 0.05) is 19.5 Å². The Morgan fingerprint density at radius 2 is 1.73 bits per heavy atom. The molecule has 0 atom stereocenters. The maximum Gasteiger partial charge on any atom is 0.224 e. The van der Waals surface area contributed by atoms with E-state index in [0.29, 0.717) is 6.54 Å². The first-order chi connectivity index (χ1) is 9.94. The Morgan fingerprint density at radius 3 is 2.18 bits per heavy atom. The highest BCUT2D eigenvalue weighted by molar-refractivity contribution is 7.91. The van der Waals surface area contributed by atoms with E-state index in [1.807, 2.05) is 27.7 Å². The van der Waals surface area contributed by atoms with Crippen molar-refractivity contribution in [2.75, 3.05) is 19.3 Å². The van der Waals surface area contributed by atoms with Crippen LogP contribution in [0.1, 0.15) is 27.7 Å². The normalized spacial score (nSPS) is 12.5. The quantitative estimate of drug-likeness (QED) is 0.870. The summed E-state index contributed by atoms with van der Waals surface area (Å²) in [7, 11) is -1.78. The molecule has 0 spiro atoms. The first kappa shape index (κ1) is 18.5. The molecule has 0 heterocycles. The molecule has 0 fully saturated rings. The molecule has 0 aliphatic heterocycles. The van der Waals surface area contributed by atoms with Crippen molar-refractivity contribution >= 4 is 15.7 Å². The van der Waals surface area contributed by atoms with E-state index in [9.17, 15) is 18.3 Å². The average molecular weight is 327 g/mol. The number of hydrogen-bond donors (Lipinski definition) is 1. The molecule has 1 N–H and O–H groups in total. The number of carbonyl (C=O) groups is 1. The van der Waals surface area contributed by atoms with Gasteiger partial charge < -0.3 is 10.0 Å². The van der Waals surface area contributed by atoms with Gasteiger partial charge in [-0.25, -0.2) is 8.42 Å². The second kappa shape index (κ2) is 6.69. The van der Waals surface area contributed by atoms with Crippen LogP contribution < -0.4 is 0 Å². The lowest BCUT2D eigenvalue weighted by Gasteiger charge is -2.31. The molecule has 0 aliphatic rings. The lowest BCUT2D eigenvalue weighted by Crippen LogP contribution is -2.41. The Labute approximate surface area is 132 Å². The van der Waals surface area contributed by atoms with Crippen molar-refractivity contribution < 1.29 is 18.3 Å². The lowest BCUT2D eigenvalue weighted by molar-refractivity contribution is -0.134. The molecule has 124 valence electrons. The van der Waals surface area contributed by atoms with Crippen LogP contribution >= 0.6 is 0 Å². The van der Waals surface area contributed by atoms with E-state index >= 15 is 0 Å². The maximum atomic E-state index is 12.5. The monoisotopic (exact) mass is 327 g/mol. The van der Waals surface area contributed by atoms with E-state index in [1.165, 1.54) is 24.3 Å². The zero-order valence-corrected chi connectivity index (χ0v) is 14.6. The van der Waals surface area contributed by atoms with Crippen LogP contribution in [0.2, 0.25) is 0 Å². The van der Waals surface area contributed by atoms with Crippen LogP contribution in [0.15, 0.2) is 29.2 Å². The van der Waals surface area contributed by atoms with Gasteiger partial charge in [0.1, 0.15) is 5.75 Å². The van der Waals surface area contributed by atoms with Crippen molar-refractivity contribution in [3.63, 3.8) is 0 Å². The largest absolute Gasteiger partial charge is 0.508 e. The fourth-order valence-corrected chi connectivity index (χ4v) is 4.30. The van der Waals surface area contributed by atoms with Crippen molar-refractivity contribution in [1.29, 1.82) is 0 Å². The SMILES string of the molecule is CC(C)C(=O)N(C)CC(C)(C)CS(=O)(=O)c1ccc(O)cc1. The molecule has 1 amide bonds. The van der Waals surface area contributed by atoms with E-state index in [1.54, 1.807) is 11.9 Å². The molecule has 0 bridgehead atoms. The van der Waals surface area contributed by atoms with Crippen LogP contribution in [-0.2, 0) is 14.6 Å². The van der Waals surface area contributed by atoms with Crippen molar-refractivity contribution in [2.45, 2.75) is 32.6 Å². The minimum Gasteiger partial charge on any atom is -0.508 e. The van der Waals surface area contributed by atoms with Crippen molar-refractivity contribution in [3.8, 4) is 5.75 Å². The number of hydrogen-bond acceptors (Lipinski definition) is 4. The smallest absolute Gasteiger partial charge is 0.224 e. The standard InChI is InChI=1S/C16H25NO4S/c1-12(2)15(19)17(5)10-16(3,4)11-22(20,21)14-8-6-13(18)7-9-14/h6-9,12,18H,10-11H2,1-5H3. The number of nitrogens with zero attached hydrogens (tertiary/aromatic N) is 1. The van der Waals surface area contributed by atoms with Crippen LogP contribution in [0, 0.1) is 11.3 Å². The van der Waals surface area contributed by atoms with Crippen molar-refractivity contribution in [2.24, 2.45) is 11.3 Å². The predicted molar refractivity (Wildman–Crippen MR) is 86.4 cm³/mol. The topological polar surface area (TPSA) is 74.7 Å². The zero-order valence-electron chi connectivity index (χ0n) is 13.8. The summed E-state index contributed by atoms with van der Waals surface area (Å²) in [6, 6.07) is 5.50. The molecule has 6 heteroatoms. The summed E-state index contributed by atoms with van der Waals surface area (Å²) < 4.78 is 24.9. The number of phenolic OH excluding ortho intramolecular Hbond substituents is 1. The molecule has 0 saturated heterocycles. The molecular weight excluding hydrogens is 302 g/mol. The first-order valence-corrected chi connectivity index (χ1v) is 8.87. The molecule has 0 radical (unpaired) electrons. The maximum absolute atomic E-state index is 12.5. The number of sulfone groups is 1. The van der Waals surface area contributed by atoms with Gasteiger partial charge in [-0.3, -0.25) is 4.79 Å². The van der Waals surface area contributed by atoms with Gasteiger partial charge in [0.05, 0.1) is 10.6 Å². The second-order valence-electron chi connectivity index (χ2n) is 6.77. The van der Waals surface area contributed by atoms with E-state index in [0.717, 1.165) is 0 Å². The van der Waals surface area contributed by atoms with Gasteiger partial charge in [0.15, 0.2) is 9.84 Å². The molecule has 1 aromatic rings. The van der Waals surface area contributed by atoms with E-state index in [4.69, 9.17) is 0 Å². The average Bonchev–Trinajstić information content (AvgIpc) is 2.36. The van der Waals surface area contributed by atoms with Crippen LogP contribution in [0.25, 0.3) is 0 Å². The number of aromatic hydroxyl groups is 1. The van der Waals surface area contributed by atoms with Crippen LogP contribution in [0.5, 0.6) is 5.75 Å². The Hall–Kier alpha value is -1.56. The van der Waals surface area contributed by atoms with Crippen LogP contribution in [0.4, 0.5) is 0 Å². The van der Waals surface area contributed by atoms with Gasteiger partial charge in [0.25, 0.3) is 0 Å². The number of carbonyl (C=O) groups excluding carboxylic acids is 1. The van der Waals surface area contributed by atoms with Crippen molar-refractivity contribution in [3.05, 3.63) is 24.3 Å². The van der Waals surface area contributed by atoms with E-state index in [-0.39, 0.29) is 28.2 Å². The molecule has 0 aromatic heterocycles. The summed E-state index contributed by atoms with van der Waals surface area (Å²) in [5, 5.41) is 9.25. The summed E-state index contributed by atoms with van der Waals surface area (Å²) >= 11 is 0. The van der Waals surface area contributed by atoms with Gasteiger partial charge in [-0.05, 0) is 29.7 Å². The number of benzene rings is 1. The van der Waals surface area contributed by atoms with Crippen LogP contribution in [0.3, 0.4) is 0 Å². The van der Waals surface area contributed by atoms with Gasteiger partial charge in [0.2, 0.25) is 5.91 Å². The highest BCUT2D eigenvalue weighted by atomic mass is 32.2. The first-order valence-electron chi connectivity index (χ1n) is 7.21. The van der Waals surface area contributed by atoms with Gasteiger partial charge in [-0.1, -0.05) is 27.7 Å². The van der Waals surface area contributed by atoms with Crippen molar-refractivity contribution in [1.82, 2.24) is 4.90 Å². The molecule has 22 heavy (non-hydrogen) atoms. The number of amides is 1. The Bertz CT molecular complexity index is 618. The zero-order chi connectivity index (χ0) is 17.1. The third kappa shape index (κ3) is 5.02. The Morgan fingerprint density at radius 1 is 1.23 bits per heavy atom. The summed E-state index contributed by atoms with van der Waals surface area (Å²) in [6.07, 6.45) is 0. The third-order valence-electron chi connectivity index (χ3n) is 3.31. The summed E-state index contributed by atoms with van der Waals surface area (Å²) in [5.41, 5.74) is -0.573. The number of phenols is 1. The molecule has 0 saturated carbocycles. The predicted octanol–water partition coefficient (Wildman–Crippen LogP) is 2.31. The minimum atomic E-state index is -3.48. The Kier molecular flexibility index (Phi) is 5.62. The van der Waals surface area contributed by atoms with Crippen LogP contribution in [-0.4, -0.2) is 43.7 Å². The molecule has 0 unspecified atom stereocenters. The summed E-state index contributed by atoms with van der Waals surface area (Å²) in [6.45, 7) is 7.66. The highest BCUT2D eigenvalue weighted by Gasteiger charge is 2.30. The van der Waals surface area contributed by atoms with Gasteiger partial charge in [-0.2, -0.15) is 0 Å². The molecular formula is C16H25NO4S. The summed E-state index contributed by atoms with van der Waals surface area (Å²) in [4.78, 5) is 13.7. The minimum absolute atomic E-state index is 0.00453.